The van der Waals surface area contributed by atoms with Gasteiger partial charge >= 0.3 is 0 Å². The van der Waals surface area contributed by atoms with E-state index in [4.69, 9.17) is 0 Å². The maximum Gasteiger partial charge on any atom is 0.251 e. The number of nitrogens with zero attached hydrogens (tertiary/aromatic N) is 1. The summed E-state index contributed by atoms with van der Waals surface area (Å²) in [6.45, 7) is 4.53. The van der Waals surface area contributed by atoms with Crippen LogP contribution < -0.4 is 5.32 Å². The van der Waals surface area contributed by atoms with E-state index in [-0.39, 0.29) is 17.8 Å². The predicted octanol–water partition coefficient (Wildman–Crippen LogP) is 2.20. The monoisotopic (exact) mass is 340 g/mol. The summed E-state index contributed by atoms with van der Waals surface area (Å²) < 4.78 is 0. The number of hydrogen-bond acceptors (Lipinski definition) is 4. The van der Waals surface area contributed by atoms with Crippen LogP contribution in [0.5, 0.6) is 5.75 Å². The maximum absolute atomic E-state index is 12.4. The van der Waals surface area contributed by atoms with Crippen LogP contribution in [-0.4, -0.2) is 40.2 Å². The molecule has 0 spiro atoms. The number of amides is 1. The first kappa shape index (κ1) is 17.5. The minimum absolute atomic E-state index is 0.126. The van der Waals surface area contributed by atoms with Gasteiger partial charge in [0.15, 0.2) is 0 Å². The van der Waals surface area contributed by atoms with Gasteiger partial charge in [-0.3, -0.25) is 9.69 Å². The smallest absolute Gasteiger partial charge is 0.251 e. The zero-order chi connectivity index (χ0) is 17.8. The van der Waals surface area contributed by atoms with Gasteiger partial charge in [-0.25, -0.2) is 0 Å². The van der Waals surface area contributed by atoms with Crippen molar-refractivity contribution in [2.45, 2.75) is 32.5 Å². The van der Waals surface area contributed by atoms with Crippen molar-refractivity contribution in [2.75, 3.05) is 13.1 Å². The number of hydrogen-bond donors (Lipinski definition) is 3. The molecule has 3 rings (SSSR count). The number of aliphatic hydroxyl groups excluding tert-OH is 1. The maximum atomic E-state index is 12.4. The molecule has 0 unspecified atom stereocenters. The number of β-amino-alcohol motifs (C(OH)–C–C–N with tert-alkyl or cyclic N) is 1. The van der Waals surface area contributed by atoms with E-state index in [9.17, 15) is 15.0 Å². The average molecular weight is 340 g/mol. The highest BCUT2D eigenvalue weighted by atomic mass is 16.3. The first-order chi connectivity index (χ1) is 12.0. The number of likely N-dealkylation sites (tertiary alicyclic amines) is 1. The first-order valence-corrected chi connectivity index (χ1v) is 8.58. The molecule has 25 heavy (non-hydrogen) atoms. The third kappa shape index (κ3) is 4.18. The Balaban J connectivity index is 1.67. The molecule has 0 aliphatic carbocycles. The molecule has 2 aromatic rings. The highest BCUT2D eigenvalue weighted by Crippen LogP contribution is 2.20. The molecule has 1 atom stereocenters. The fourth-order valence-electron chi connectivity index (χ4n) is 3.22. The number of benzene rings is 2. The lowest BCUT2D eigenvalue weighted by molar-refractivity contribution is 0.0949. The second-order valence-electron chi connectivity index (χ2n) is 6.58. The minimum atomic E-state index is -0.236. The van der Waals surface area contributed by atoms with E-state index in [1.165, 1.54) is 0 Å². The van der Waals surface area contributed by atoms with Crippen molar-refractivity contribution in [3.05, 3.63) is 64.7 Å². The molecule has 1 heterocycles. The molecular formula is C20H24N2O3. The van der Waals surface area contributed by atoms with Crippen molar-refractivity contribution in [3.8, 4) is 5.75 Å². The van der Waals surface area contributed by atoms with E-state index in [2.05, 4.69) is 16.3 Å². The molecule has 1 amide bonds. The SMILES string of the molecule is Cc1c(O)cccc1C(=O)NCc1ccccc1CN1CC[C@@H](O)C1. The number of aliphatic hydroxyl groups is 1. The van der Waals surface area contributed by atoms with Gasteiger partial charge in [-0.15, -0.1) is 0 Å². The summed E-state index contributed by atoms with van der Waals surface area (Å²) in [6.07, 6.45) is 0.580. The van der Waals surface area contributed by atoms with Crippen LogP contribution in [0.2, 0.25) is 0 Å². The molecule has 0 radical (unpaired) electrons. The van der Waals surface area contributed by atoms with Gasteiger partial charge in [-0.05, 0) is 36.6 Å². The van der Waals surface area contributed by atoms with Gasteiger partial charge in [0.05, 0.1) is 6.10 Å². The van der Waals surface area contributed by atoms with Gasteiger partial charge in [0.2, 0.25) is 0 Å². The minimum Gasteiger partial charge on any atom is -0.508 e. The van der Waals surface area contributed by atoms with Gasteiger partial charge in [-0.1, -0.05) is 30.3 Å². The van der Waals surface area contributed by atoms with Crippen molar-refractivity contribution in [3.63, 3.8) is 0 Å². The quantitative estimate of drug-likeness (QED) is 0.780. The lowest BCUT2D eigenvalue weighted by Crippen LogP contribution is -2.26. The first-order valence-electron chi connectivity index (χ1n) is 8.58. The van der Waals surface area contributed by atoms with Crippen LogP contribution >= 0.6 is 0 Å². The number of phenolic OH excluding ortho intramolecular Hbond substituents is 1. The largest absolute Gasteiger partial charge is 0.508 e. The lowest BCUT2D eigenvalue weighted by atomic mass is 10.1. The van der Waals surface area contributed by atoms with Crippen molar-refractivity contribution in [1.82, 2.24) is 10.2 Å². The van der Waals surface area contributed by atoms with Crippen LogP contribution in [0.1, 0.15) is 33.5 Å². The van der Waals surface area contributed by atoms with Crippen molar-refractivity contribution in [2.24, 2.45) is 0 Å². The van der Waals surface area contributed by atoms with Gasteiger partial charge in [0.25, 0.3) is 5.91 Å². The van der Waals surface area contributed by atoms with E-state index >= 15 is 0 Å². The summed E-state index contributed by atoms with van der Waals surface area (Å²) in [5.41, 5.74) is 3.29. The van der Waals surface area contributed by atoms with Gasteiger partial charge in [0, 0.05) is 37.3 Å². The van der Waals surface area contributed by atoms with Crippen LogP contribution in [0.25, 0.3) is 0 Å². The summed E-state index contributed by atoms with van der Waals surface area (Å²) in [5.74, 6) is -0.0690. The average Bonchev–Trinajstić information content (AvgIpc) is 3.01. The Hall–Kier alpha value is -2.37. The van der Waals surface area contributed by atoms with Crippen molar-refractivity contribution >= 4 is 5.91 Å². The second-order valence-corrected chi connectivity index (χ2v) is 6.58. The summed E-state index contributed by atoms with van der Waals surface area (Å²) >= 11 is 0. The summed E-state index contributed by atoms with van der Waals surface area (Å²) in [7, 11) is 0. The third-order valence-corrected chi connectivity index (χ3v) is 4.75. The van der Waals surface area contributed by atoms with Gasteiger partial charge in [0.1, 0.15) is 5.75 Å². The summed E-state index contributed by atoms with van der Waals surface area (Å²) in [6, 6.07) is 13.0. The Morgan fingerprint density at radius 3 is 2.68 bits per heavy atom. The number of nitrogens with one attached hydrogen (secondary N) is 1. The van der Waals surface area contributed by atoms with Crippen LogP contribution in [-0.2, 0) is 13.1 Å². The normalized spacial score (nSPS) is 17.6. The Bertz CT molecular complexity index is 760. The number of phenols is 1. The van der Waals surface area contributed by atoms with Crippen LogP contribution in [0, 0.1) is 6.92 Å². The Labute approximate surface area is 147 Å². The van der Waals surface area contributed by atoms with E-state index < -0.39 is 0 Å². The molecule has 1 aliphatic heterocycles. The fourth-order valence-corrected chi connectivity index (χ4v) is 3.22. The predicted molar refractivity (Wildman–Crippen MR) is 96.4 cm³/mol. The van der Waals surface area contributed by atoms with Crippen molar-refractivity contribution in [1.29, 1.82) is 0 Å². The zero-order valence-corrected chi connectivity index (χ0v) is 14.4. The van der Waals surface area contributed by atoms with Crippen LogP contribution in [0.15, 0.2) is 42.5 Å². The number of carbonyl (C=O) groups excluding carboxylic acids is 1. The van der Waals surface area contributed by atoms with Crippen molar-refractivity contribution < 1.29 is 15.0 Å². The molecule has 1 fully saturated rings. The number of aromatic hydroxyl groups is 1. The lowest BCUT2D eigenvalue weighted by Gasteiger charge is -2.18. The Morgan fingerprint density at radius 2 is 1.96 bits per heavy atom. The molecule has 5 nitrogen and oxygen atoms in total. The van der Waals surface area contributed by atoms with E-state index in [1.54, 1.807) is 25.1 Å². The van der Waals surface area contributed by atoms with Gasteiger partial charge < -0.3 is 15.5 Å². The molecule has 3 N–H and O–H groups in total. The molecule has 0 bridgehead atoms. The standard InChI is InChI=1S/C20H24N2O3/c1-14-18(7-4-8-19(14)24)20(25)21-11-15-5-2-3-6-16(15)12-22-10-9-17(23)13-22/h2-8,17,23-24H,9-13H2,1H3,(H,21,25)/t17-/m1/s1. The molecule has 1 saturated heterocycles. The second kappa shape index (κ2) is 7.68. The zero-order valence-electron chi connectivity index (χ0n) is 14.4. The van der Waals surface area contributed by atoms with Crippen LogP contribution in [0.3, 0.4) is 0 Å². The van der Waals surface area contributed by atoms with E-state index in [0.29, 0.717) is 24.2 Å². The Kier molecular flexibility index (Phi) is 5.36. The number of carbonyl (C=O) groups is 1. The highest BCUT2D eigenvalue weighted by Gasteiger charge is 2.21. The molecule has 132 valence electrons. The van der Waals surface area contributed by atoms with E-state index in [1.807, 2.05) is 18.2 Å². The molecule has 0 saturated carbocycles. The third-order valence-electron chi connectivity index (χ3n) is 4.75. The topological polar surface area (TPSA) is 72.8 Å². The Morgan fingerprint density at radius 1 is 1.20 bits per heavy atom. The highest BCUT2D eigenvalue weighted by molar-refractivity contribution is 5.96. The van der Waals surface area contributed by atoms with E-state index in [0.717, 1.165) is 30.6 Å². The van der Waals surface area contributed by atoms with Crippen LogP contribution in [0.4, 0.5) is 0 Å². The molecular weight excluding hydrogens is 316 g/mol. The molecule has 5 heteroatoms. The molecule has 1 aliphatic rings. The summed E-state index contributed by atoms with van der Waals surface area (Å²) in [5, 5.41) is 22.4. The molecule has 2 aromatic carbocycles. The number of rotatable bonds is 5. The van der Waals surface area contributed by atoms with Gasteiger partial charge in [-0.2, -0.15) is 0 Å². The fraction of sp³-hybridized carbons (Fsp3) is 0.350. The molecule has 0 aromatic heterocycles. The summed E-state index contributed by atoms with van der Waals surface area (Å²) in [4.78, 5) is 14.7.